The van der Waals surface area contributed by atoms with E-state index in [1.165, 1.54) is 6.92 Å². The van der Waals surface area contributed by atoms with Crippen LogP contribution < -0.4 is 5.32 Å². The quantitative estimate of drug-likeness (QED) is 0.730. The fourth-order valence-corrected chi connectivity index (χ4v) is 1.94. The van der Waals surface area contributed by atoms with E-state index in [0.29, 0.717) is 0 Å². The highest BCUT2D eigenvalue weighted by atomic mass is 19.4. The fourth-order valence-electron chi connectivity index (χ4n) is 1.94. The van der Waals surface area contributed by atoms with Crippen molar-refractivity contribution < 1.29 is 37.0 Å². The minimum absolute atomic E-state index is 0.256. The standard InChI is InChI=1S/C11H15F3N2O5/c1-5(15-6(2)17)8(18)16-7(9(19)20-3)4-21-10(16)11(12,13)14/h5,7,10H,4H2,1-3H3,(H,15,17)/t5-,7-,10+/m0/s1. The molecule has 0 radical (unpaired) electrons. The summed E-state index contributed by atoms with van der Waals surface area (Å²) in [5.74, 6) is -2.69. The van der Waals surface area contributed by atoms with Crippen LogP contribution in [0.25, 0.3) is 0 Å². The smallest absolute Gasteiger partial charge is 0.433 e. The van der Waals surface area contributed by atoms with Crippen LogP contribution in [0.4, 0.5) is 13.2 Å². The number of methoxy groups -OCH3 is 1. The van der Waals surface area contributed by atoms with Crippen LogP contribution in [0.5, 0.6) is 0 Å². The summed E-state index contributed by atoms with van der Waals surface area (Å²) >= 11 is 0. The Bertz CT molecular complexity index is 440. The first-order valence-electron chi connectivity index (χ1n) is 5.95. The molecule has 3 atom stereocenters. The van der Waals surface area contributed by atoms with Crippen molar-refractivity contribution in [3.63, 3.8) is 0 Å². The van der Waals surface area contributed by atoms with Gasteiger partial charge in [0.05, 0.1) is 13.7 Å². The number of hydrogen-bond acceptors (Lipinski definition) is 5. The number of carbonyl (C=O) groups is 3. The second-order valence-corrected chi connectivity index (χ2v) is 4.43. The minimum Gasteiger partial charge on any atom is -0.467 e. The molecule has 0 aromatic carbocycles. The van der Waals surface area contributed by atoms with Gasteiger partial charge in [-0.1, -0.05) is 0 Å². The largest absolute Gasteiger partial charge is 0.467 e. The van der Waals surface area contributed by atoms with Gasteiger partial charge in [0, 0.05) is 6.92 Å². The molecule has 0 aliphatic carbocycles. The first-order valence-corrected chi connectivity index (χ1v) is 5.95. The topological polar surface area (TPSA) is 84.9 Å². The van der Waals surface area contributed by atoms with Gasteiger partial charge in [0.2, 0.25) is 18.0 Å². The van der Waals surface area contributed by atoms with Crippen LogP contribution in [-0.2, 0) is 23.9 Å². The predicted octanol–water partition coefficient (Wildman–Crippen LogP) is -0.200. The number of nitrogens with one attached hydrogen (secondary N) is 1. The molecule has 0 saturated carbocycles. The number of carbonyl (C=O) groups excluding carboxylic acids is 3. The lowest BCUT2D eigenvalue weighted by atomic mass is 10.2. The van der Waals surface area contributed by atoms with E-state index in [1.54, 1.807) is 0 Å². The highest BCUT2D eigenvalue weighted by molar-refractivity contribution is 5.90. The van der Waals surface area contributed by atoms with Crippen molar-refractivity contribution in [3.8, 4) is 0 Å². The predicted molar refractivity (Wildman–Crippen MR) is 61.7 cm³/mol. The Morgan fingerprint density at radius 1 is 1.38 bits per heavy atom. The molecule has 1 aliphatic heterocycles. The van der Waals surface area contributed by atoms with Crippen LogP contribution in [0.1, 0.15) is 13.8 Å². The van der Waals surface area contributed by atoms with Crippen molar-refractivity contribution in [3.05, 3.63) is 0 Å². The van der Waals surface area contributed by atoms with Crippen LogP contribution in [0.15, 0.2) is 0 Å². The van der Waals surface area contributed by atoms with Crippen molar-refractivity contribution in [2.24, 2.45) is 0 Å². The average Bonchev–Trinajstić information content (AvgIpc) is 2.80. The van der Waals surface area contributed by atoms with E-state index in [1.807, 2.05) is 0 Å². The number of nitrogens with zero attached hydrogens (tertiary/aromatic N) is 1. The van der Waals surface area contributed by atoms with Crippen molar-refractivity contribution in [1.82, 2.24) is 10.2 Å². The molecule has 21 heavy (non-hydrogen) atoms. The lowest BCUT2D eigenvalue weighted by Gasteiger charge is -2.30. The van der Waals surface area contributed by atoms with Gasteiger partial charge in [-0.05, 0) is 6.92 Å². The van der Waals surface area contributed by atoms with Crippen molar-refractivity contribution >= 4 is 17.8 Å². The highest BCUT2D eigenvalue weighted by Crippen LogP contribution is 2.32. The zero-order chi connectivity index (χ0) is 16.4. The van der Waals surface area contributed by atoms with E-state index in [-0.39, 0.29) is 4.90 Å². The van der Waals surface area contributed by atoms with E-state index in [2.05, 4.69) is 14.8 Å². The zero-order valence-corrected chi connectivity index (χ0v) is 11.6. The maximum absolute atomic E-state index is 12.9. The van der Waals surface area contributed by atoms with Gasteiger partial charge in [-0.3, -0.25) is 14.5 Å². The summed E-state index contributed by atoms with van der Waals surface area (Å²) in [6, 6.07) is -2.74. The minimum atomic E-state index is -4.87. The number of ether oxygens (including phenoxy) is 2. The molecule has 10 heteroatoms. The van der Waals surface area contributed by atoms with Gasteiger partial charge in [-0.15, -0.1) is 0 Å². The third-order valence-corrected chi connectivity index (χ3v) is 2.80. The Labute approximate surface area is 118 Å². The molecule has 0 aromatic heterocycles. The van der Waals surface area contributed by atoms with E-state index < -0.39 is 48.9 Å². The maximum atomic E-state index is 12.9. The lowest BCUT2D eigenvalue weighted by molar-refractivity contribution is -0.240. The molecular weight excluding hydrogens is 297 g/mol. The third-order valence-electron chi connectivity index (χ3n) is 2.80. The van der Waals surface area contributed by atoms with Gasteiger partial charge in [0.25, 0.3) is 0 Å². The van der Waals surface area contributed by atoms with Gasteiger partial charge in [-0.2, -0.15) is 13.2 Å². The Balaban J connectivity index is 3.04. The summed E-state index contributed by atoms with van der Waals surface area (Å²) in [6.45, 7) is 1.70. The lowest BCUT2D eigenvalue weighted by Crippen LogP contribution is -2.56. The van der Waals surface area contributed by atoms with Gasteiger partial charge in [0.15, 0.2) is 6.04 Å². The van der Waals surface area contributed by atoms with Crippen LogP contribution in [-0.4, -0.2) is 60.9 Å². The van der Waals surface area contributed by atoms with Gasteiger partial charge in [-0.25, -0.2) is 4.79 Å². The molecule has 1 fully saturated rings. The van der Waals surface area contributed by atoms with E-state index in [0.717, 1.165) is 14.0 Å². The second-order valence-electron chi connectivity index (χ2n) is 4.43. The average molecular weight is 312 g/mol. The molecule has 2 amide bonds. The molecule has 0 spiro atoms. The molecule has 1 heterocycles. The molecular formula is C11H15F3N2O5. The summed E-state index contributed by atoms with van der Waals surface area (Å²) < 4.78 is 47.5. The van der Waals surface area contributed by atoms with E-state index in [4.69, 9.17) is 0 Å². The Hall–Kier alpha value is -1.84. The van der Waals surface area contributed by atoms with Crippen LogP contribution in [0.3, 0.4) is 0 Å². The molecule has 1 N–H and O–H groups in total. The summed E-state index contributed by atoms with van der Waals surface area (Å²) in [5.41, 5.74) is 0. The fraction of sp³-hybridized carbons (Fsp3) is 0.727. The second kappa shape index (κ2) is 6.29. The maximum Gasteiger partial charge on any atom is 0.433 e. The number of rotatable bonds is 3. The van der Waals surface area contributed by atoms with Gasteiger partial charge in [0.1, 0.15) is 6.04 Å². The van der Waals surface area contributed by atoms with E-state index >= 15 is 0 Å². The third kappa shape index (κ3) is 3.84. The van der Waals surface area contributed by atoms with Gasteiger partial charge < -0.3 is 14.8 Å². The molecule has 0 aromatic rings. The van der Waals surface area contributed by atoms with Crippen molar-refractivity contribution in [1.29, 1.82) is 0 Å². The van der Waals surface area contributed by atoms with Crippen molar-refractivity contribution in [2.45, 2.75) is 38.3 Å². The summed E-state index contributed by atoms with van der Waals surface area (Å²) in [4.78, 5) is 34.7. The molecule has 7 nitrogen and oxygen atoms in total. The number of esters is 1. The number of hydrogen-bond donors (Lipinski definition) is 1. The molecule has 1 saturated heterocycles. The Morgan fingerprint density at radius 3 is 2.38 bits per heavy atom. The number of amides is 2. The molecule has 120 valence electrons. The SMILES string of the molecule is COC(=O)[C@@H]1CO[C@H](C(F)(F)F)N1C(=O)[C@H](C)NC(C)=O. The Kier molecular flexibility index (Phi) is 5.15. The van der Waals surface area contributed by atoms with E-state index in [9.17, 15) is 27.6 Å². The summed E-state index contributed by atoms with van der Waals surface area (Å²) in [5, 5.41) is 2.16. The highest BCUT2D eigenvalue weighted by Gasteiger charge is 2.55. The molecule has 1 aliphatic rings. The van der Waals surface area contributed by atoms with Gasteiger partial charge >= 0.3 is 12.1 Å². The normalized spacial score (nSPS) is 23.6. The summed E-state index contributed by atoms with van der Waals surface area (Å²) in [7, 11) is 0.989. The first kappa shape index (κ1) is 17.2. The van der Waals surface area contributed by atoms with Crippen LogP contribution >= 0.6 is 0 Å². The number of halogens is 3. The van der Waals surface area contributed by atoms with Crippen molar-refractivity contribution in [2.75, 3.05) is 13.7 Å². The zero-order valence-electron chi connectivity index (χ0n) is 11.6. The monoisotopic (exact) mass is 312 g/mol. The Morgan fingerprint density at radius 2 is 1.95 bits per heavy atom. The molecule has 0 unspecified atom stereocenters. The molecule has 0 bridgehead atoms. The summed E-state index contributed by atoms with van der Waals surface area (Å²) in [6.07, 6.45) is -7.42. The van der Waals surface area contributed by atoms with Crippen LogP contribution in [0, 0.1) is 0 Å². The van der Waals surface area contributed by atoms with Crippen LogP contribution in [0.2, 0.25) is 0 Å². The molecule has 1 rings (SSSR count). The number of alkyl halides is 3. The first-order chi connectivity index (χ1) is 9.59.